The van der Waals surface area contributed by atoms with E-state index in [1.807, 2.05) is 13.0 Å². The highest BCUT2D eigenvalue weighted by molar-refractivity contribution is 5.14. The molecule has 0 amide bonds. The molecule has 1 heterocycles. The van der Waals surface area contributed by atoms with Gasteiger partial charge in [-0.25, -0.2) is 8.78 Å². The second-order valence-electron chi connectivity index (χ2n) is 3.84. The van der Waals surface area contributed by atoms with Gasteiger partial charge in [-0.2, -0.15) is 5.26 Å². The predicted molar refractivity (Wildman–Crippen MR) is 53.1 cm³/mol. The number of alkyl halides is 2. The Morgan fingerprint density at radius 3 is 2.87 bits per heavy atom. The van der Waals surface area contributed by atoms with Gasteiger partial charge < -0.3 is 10.6 Å². The zero-order valence-corrected chi connectivity index (χ0v) is 8.71. The highest BCUT2D eigenvalue weighted by Crippen LogP contribution is 2.34. The van der Waals surface area contributed by atoms with Crippen LogP contribution >= 0.6 is 0 Å². The third-order valence-corrected chi connectivity index (χ3v) is 2.66. The second-order valence-corrected chi connectivity index (χ2v) is 3.84. The van der Waals surface area contributed by atoms with Gasteiger partial charge in [0.2, 0.25) is 0 Å². The standard InChI is InChI=1S/C10H15F2N3/c1-3-9(14)7(2)15-6-10(11,12)4-8(15)5-13/h8-9H,2-4,6,14H2,1H3. The zero-order chi connectivity index (χ0) is 11.6. The lowest BCUT2D eigenvalue weighted by molar-refractivity contribution is 0.0145. The van der Waals surface area contributed by atoms with Crippen LogP contribution in [0.15, 0.2) is 12.3 Å². The summed E-state index contributed by atoms with van der Waals surface area (Å²) in [4.78, 5) is 1.33. The van der Waals surface area contributed by atoms with Crippen molar-refractivity contribution in [3.05, 3.63) is 12.3 Å². The maximum Gasteiger partial charge on any atom is 0.268 e. The Hall–Kier alpha value is -1.15. The molecule has 3 nitrogen and oxygen atoms in total. The molecule has 0 spiro atoms. The third-order valence-electron chi connectivity index (χ3n) is 2.66. The Bertz CT molecular complexity index is 296. The van der Waals surface area contributed by atoms with Crippen molar-refractivity contribution in [2.75, 3.05) is 6.54 Å². The topological polar surface area (TPSA) is 53.0 Å². The molecule has 84 valence electrons. The largest absolute Gasteiger partial charge is 0.352 e. The first-order chi connectivity index (χ1) is 6.91. The molecule has 1 rings (SSSR count). The van der Waals surface area contributed by atoms with E-state index >= 15 is 0 Å². The maximum atomic E-state index is 13.1. The Kier molecular flexibility index (Phi) is 3.30. The van der Waals surface area contributed by atoms with Crippen molar-refractivity contribution < 1.29 is 8.78 Å². The van der Waals surface area contributed by atoms with Gasteiger partial charge in [0.1, 0.15) is 6.04 Å². The van der Waals surface area contributed by atoms with Crippen molar-refractivity contribution in [2.45, 2.75) is 37.8 Å². The lowest BCUT2D eigenvalue weighted by atomic mass is 10.1. The van der Waals surface area contributed by atoms with Crippen LogP contribution in [0.2, 0.25) is 0 Å². The molecule has 1 fully saturated rings. The van der Waals surface area contributed by atoms with Gasteiger partial charge in [-0.05, 0) is 6.42 Å². The number of rotatable bonds is 3. The zero-order valence-electron chi connectivity index (χ0n) is 8.71. The van der Waals surface area contributed by atoms with Gasteiger partial charge in [0.05, 0.1) is 12.6 Å². The Morgan fingerprint density at radius 1 is 1.80 bits per heavy atom. The van der Waals surface area contributed by atoms with E-state index < -0.39 is 24.9 Å². The van der Waals surface area contributed by atoms with Crippen LogP contribution in [-0.2, 0) is 0 Å². The molecule has 0 aromatic rings. The predicted octanol–water partition coefficient (Wildman–Crippen LogP) is 1.47. The van der Waals surface area contributed by atoms with Crippen LogP contribution < -0.4 is 5.73 Å². The van der Waals surface area contributed by atoms with Crippen LogP contribution in [0, 0.1) is 11.3 Å². The number of hydrogen-bond acceptors (Lipinski definition) is 3. The Morgan fingerprint density at radius 2 is 2.40 bits per heavy atom. The summed E-state index contributed by atoms with van der Waals surface area (Å²) in [6.45, 7) is 5.09. The Balaban J connectivity index is 2.78. The van der Waals surface area contributed by atoms with E-state index in [0.29, 0.717) is 12.1 Å². The van der Waals surface area contributed by atoms with Crippen LogP contribution in [0.4, 0.5) is 8.78 Å². The molecule has 1 saturated heterocycles. The van der Waals surface area contributed by atoms with E-state index in [2.05, 4.69) is 6.58 Å². The van der Waals surface area contributed by atoms with E-state index in [9.17, 15) is 8.78 Å². The molecule has 0 saturated carbocycles. The number of nitrogens with two attached hydrogens (primary N) is 1. The van der Waals surface area contributed by atoms with Crippen LogP contribution in [0.3, 0.4) is 0 Å². The maximum absolute atomic E-state index is 13.1. The highest BCUT2D eigenvalue weighted by Gasteiger charge is 2.46. The smallest absolute Gasteiger partial charge is 0.268 e. The molecular formula is C10H15F2N3. The first-order valence-electron chi connectivity index (χ1n) is 4.89. The third kappa shape index (κ3) is 2.45. The molecule has 0 aromatic heterocycles. The van der Waals surface area contributed by atoms with Gasteiger partial charge in [0.15, 0.2) is 0 Å². The highest BCUT2D eigenvalue weighted by atomic mass is 19.3. The summed E-state index contributed by atoms with van der Waals surface area (Å²) in [6.07, 6.45) is 0.192. The number of halogens is 2. The molecule has 2 N–H and O–H groups in total. The van der Waals surface area contributed by atoms with Gasteiger partial charge in [0.25, 0.3) is 5.92 Å². The van der Waals surface area contributed by atoms with Crippen molar-refractivity contribution >= 4 is 0 Å². The average molecular weight is 215 g/mol. The van der Waals surface area contributed by atoms with Crippen LogP contribution in [0.25, 0.3) is 0 Å². The fraction of sp³-hybridized carbons (Fsp3) is 0.700. The second kappa shape index (κ2) is 4.15. The van der Waals surface area contributed by atoms with Crippen molar-refractivity contribution in [1.29, 1.82) is 5.26 Å². The van der Waals surface area contributed by atoms with Crippen LogP contribution in [0.1, 0.15) is 19.8 Å². The Labute approximate surface area is 88.2 Å². The van der Waals surface area contributed by atoms with Crippen LogP contribution in [0.5, 0.6) is 0 Å². The summed E-state index contributed by atoms with van der Waals surface area (Å²) in [5.74, 6) is -2.81. The summed E-state index contributed by atoms with van der Waals surface area (Å²) in [7, 11) is 0. The number of likely N-dealkylation sites (tertiary alicyclic amines) is 1. The molecule has 1 aliphatic heterocycles. The molecular weight excluding hydrogens is 200 g/mol. The van der Waals surface area contributed by atoms with Gasteiger partial charge >= 0.3 is 0 Å². The minimum Gasteiger partial charge on any atom is -0.352 e. The summed E-state index contributed by atoms with van der Waals surface area (Å²) < 4.78 is 26.2. The van der Waals surface area contributed by atoms with Gasteiger partial charge in [-0.15, -0.1) is 0 Å². The summed E-state index contributed by atoms with van der Waals surface area (Å²) >= 11 is 0. The van der Waals surface area contributed by atoms with Gasteiger partial charge in [-0.1, -0.05) is 13.5 Å². The summed E-state index contributed by atoms with van der Waals surface area (Å²) in [6, 6.07) is 0.706. The molecule has 2 unspecified atom stereocenters. The lowest BCUT2D eigenvalue weighted by Gasteiger charge is -2.27. The SMILES string of the molecule is C=C(C(N)CC)N1CC(F)(F)CC1C#N. The summed E-state index contributed by atoms with van der Waals surface area (Å²) in [5.41, 5.74) is 6.14. The van der Waals surface area contributed by atoms with Crippen LogP contribution in [-0.4, -0.2) is 29.5 Å². The molecule has 1 aliphatic rings. The lowest BCUT2D eigenvalue weighted by Crippen LogP contribution is -2.37. The fourth-order valence-electron chi connectivity index (χ4n) is 1.68. The minimum atomic E-state index is -2.81. The quantitative estimate of drug-likeness (QED) is 0.775. The van der Waals surface area contributed by atoms with Crippen molar-refractivity contribution in [3.8, 4) is 6.07 Å². The van der Waals surface area contributed by atoms with E-state index in [4.69, 9.17) is 11.0 Å². The fourth-order valence-corrected chi connectivity index (χ4v) is 1.68. The monoisotopic (exact) mass is 215 g/mol. The van der Waals surface area contributed by atoms with E-state index in [1.165, 1.54) is 4.90 Å². The number of nitrogens with zero attached hydrogens (tertiary/aromatic N) is 2. The minimum absolute atomic E-state index is 0.352. The molecule has 0 aromatic carbocycles. The van der Waals surface area contributed by atoms with Gasteiger partial charge in [0, 0.05) is 18.2 Å². The molecule has 0 aliphatic carbocycles. The molecule has 2 atom stereocenters. The van der Waals surface area contributed by atoms with Crippen molar-refractivity contribution in [3.63, 3.8) is 0 Å². The number of hydrogen-bond donors (Lipinski definition) is 1. The van der Waals surface area contributed by atoms with E-state index in [0.717, 1.165) is 0 Å². The first-order valence-corrected chi connectivity index (χ1v) is 4.89. The summed E-state index contributed by atoms with van der Waals surface area (Å²) in [5, 5.41) is 8.77. The number of nitriles is 1. The first kappa shape index (κ1) is 11.9. The van der Waals surface area contributed by atoms with E-state index in [-0.39, 0.29) is 6.04 Å². The molecule has 0 radical (unpaired) electrons. The molecule has 0 bridgehead atoms. The normalized spacial score (nSPS) is 26.1. The van der Waals surface area contributed by atoms with E-state index in [1.54, 1.807) is 0 Å². The van der Waals surface area contributed by atoms with Crippen molar-refractivity contribution in [2.24, 2.45) is 5.73 Å². The molecule has 5 heteroatoms. The average Bonchev–Trinajstić information content (AvgIpc) is 2.51. The molecule has 15 heavy (non-hydrogen) atoms. The van der Waals surface area contributed by atoms with Crippen molar-refractivity contribution in [1.82, 2.24) is 4.90 Å². The van der Waals surface area contributed by atoms with Gasteiger partial charge in [-0.3, -0.25) is 0 Å².